The van der Waals surface area contributed by atoms with E-state index < -0.39 is 0 Å². The van der Waals surface area contributed by atoms with Gasteiger partial charge >= 0.3 is 0 Å². The lowest BCUT2D eigenvalue weighted by Crippen LogP contribution is -2.37. The van der Waals surface area contributed by atoms with Gasteiger partial charge in [-0.05, 0) is 61.1 Å². The Morgan fingerprint density at radius 2 is 2.11 bits per heavy atom. The molecule has 2 atom stereocenters. The maximum Gasteiger partial charge on any atom is 0.0509 e. The normalized spacial score (nSPS) is 24.8. The minimum Gasteiger partial charge on any atom is -0.381 e. The van der Waals surface area contributed by atoms with Gasteiger partial charge < -0.3 is 10.5 Å². The second-order valence-electron chi connectivity index (χ2n) is 5.80. The molecule has 1 fully saturated rings. The van der Waals surface area contributed by atoms with Crippen molar-refractivity contribution in [3.63, 3.8) is 0 Å². The summed E-state index contributed by atoms with van der Waals surface area (Å²) in [7, 11) is 0. The van der Waals surface area contributed by atoms with Crippen molar-refractivity contribution in [2.24, 2.45) is 11.7 Å². The molecule has 3 rings (SSSR count). The van der Waals surface area contributed by atoms with Crippen molar-refractivity contribution in [3.8, 4) is 0 Å². The summed E-state index contributed by atoms with van der Waals surface area (Å²) in [5.41, 5.74) is 10.9. The van der Waals surface area contributed by atoms with Gasteiger partial charge in [-0.3, -0.25) is 0 Å². The first-order valence-electron chi connectivity index (χ1n) is 7.27. The predicted octanol–water partition coefficient (Wildman–Crippen LogP) is 2.47. The van der Waals surface area contributed by atoms with E-state index in [9.17, 15) is 0 Å². The Kier molecular flexibility index (Phi) is 3.67. The van der Waals surface area contributed by atoms with Gasteiger partial charge in [0.15, 0.2) is 0 Å². The molecule has 0 amide bonds. The molecule has 98 valence electrons. The maximum absolute atomic E-state index is 6.35. The lowest BCUT2D eigenvalue weighted by atomic mass is 9.89. The highest BCUT2D eigenvalue weighted by Gasteiger charge is 2.21. The van der Waals surface area contributed by atoms with Crippen LogP contribution in [0.3, 0.4) is 0 Å². The lowest BCUT2D eigenvalue weighted by Gasteiger charge is -2.27. The maximum atomic E-state index is 6.35. The molecule has 1 aliphatic carbocycles. The van der Waals surface area contributed by atoms with Gasteiger partial charge in [0.05, 0.1) is 6.61 Å². The third kappa shape index (κ3) is 2.60. The van der Waals surface area contributed by atoms with Crippen LogP contribution in [-0.2, 0) is 24.0 Å². The van der Waals surface area contributed by atoms with Crippen molar-refractivity contribution in [2.75, 3.05) is 13.2 Å². The van der Waals surface area contributed by atoms with Gasteiger partial charge in [0.2, 0.25) is 0 Å². The monoisotopic (exact) mass is 245 g/mol. The molecule has 1 aromatic carbocycles. The van der Waals surface area contributed by atoms with Gasteiger partial charge in [0.25, 0.3) is 0 Å². The fourth-order valence-electron chi connectivity index (χ4n) is 3.29. The van der Waals surface area contributed by atoms with E-state index in [2.05, 4.69) is 18.2 Å². The third-order valence-electron chi connectivity index (χ3n) is 4.44. The summed E-state index contributed by atoms with van der Waals surface area (Å²) in [4.78, 5) is 0. The van der Waals surface area contributed by atoms with Crippen molar-refractivity contribution >= 4 is 0 Å². The van der Waals surface area contributed by atoms with Crippen LogP contribution in [0.4, 0.5) is 0 Å². The van der Waals surface area contributed by atoms with Crippen molar-refractivity contribution in [3.05, 3.63) is 34.9 Å². The zero-order chi connectivity index (χ0) is 12.4. The van der Waals surface area contributed by atoms with E-state index in [1.807, 2.05) is 0 Å². The van der Waals surface area contributed by atoms with E-state index in [0.717, 1.165) is 19.6 Å². The molecule has 0 radical (unpaired) electrons. The number of ether oxygens (including phenoxy) is 1. The van der Waals surface area contributed by atoms with Crippen LogP contribution in [0.25, 0.3) is 0 Å². The second-order valence-corrected chi connectivity index (χ2v) is 5.80. The van der Waals surface area contributed by atoms with Crippen molar-refractivity contribution in [1.29, 1.82) is 0 Å². The van der Waals surface area contributed by atoms with E-state index in [4.69, 9.17) is 10.5 Å². The standard InChI is InChI=1S/C16H23NO/c17-16(15-5-2-8-18-11-15)10-12-6-7-13-3-1-4-14(13)9-12/h6-7,9,15-16H,1-5,8,10-11,17H2. The fourth-order valence-corrected chi connectivity index (χ4v) is 3.29. The molecule has 1 aromatic rings. The number of fused-ring (bicyclic) bond motifs is 1. The molecular weight excluding hydrogens is 222 g/mol. The minimum absolute atomic E-state index is 0.254. The molecule has 1 aliphatic heterocycles. The van der Waals surface area contributed by atoms with Crippen LogP contribution in [0.2, 0.25) is 0 Å². The summed E-state index contributed by atoms with van der Waals surface area (Å²) in [6.07, 6.45) is 7.24. The van der Waals surface area contributed by atoms with Crippen LogP contribution in [0.5, 0.6) is 0 Å². The predicted molar refractivity (Wildman–Crippen MR) is 73.7 cm³/mol. The summed E-state index contributed by atoms with van der Waals surface area (Å²) < 4.78 is 5.53. The number of benzene rings is 1. The smallest absolute Gasteiger partial charge is 0.0509 e. The molecule has 18 heavy (non-hydrogen) atoms. The van der Waals surface area contributed by atoms with Gasteiger partial charge in [-0.2, -0.15) is 0 Å². The number of hydrogen-bond acceptors (Lipinski definition) is 2. The Labute approximate surface area is 110 Å². The summed E-state index contributed by atoms with van der Waals surface area (Å²) in [6, 6.07) is 7.21. The SMILES string of the molecule is NC(Cc1ccc2c(c1)CCC2)C1CCCOC1. The highest BCUT2D eigenvalue weighted by atomic mass is 16.5. The minimum atomic E-state index is 0.254. The molecule has 0 saturated carbocycles. The van der Waals surface area contributed by atoms with Crippen LogP contribution in [0.15, 0.2) is 18.2 Å². The molecular formula is C16H23NO. The first kappa shape index (κ1) is 12.2. The molecule has 0 spiro atoms. The van der Waals surface area contributed by atoms with Crippen LogP contribution in [0.1, 0.15) is 36.0 Å². The molecule has 0 aromatic heterocycles. The number of hydrogen-bond donors (Lipinski definition) is 1. The second kappa shape index (κ2) is 5.41. The lowest BCUT2D eigenvalue weighted by molar-refractivity contribution is 0.0450. The number of aryl methyl sites for hydroxylation is 2. The summed E-state index contributed by atoms with van der Waals surface area (Å²) >= 11 is 0. The number of nitrogens with two attached hydrogens (primary N) is 1. The molecule has 2 heteroatoms. The highest BCUT2D eigenvalue weighted by Crippen LogP contribution is 2.25. The van der Waals surface area contributed by atoms with E-state index in [-0.39, 0.29) is 6.04 Å². The first-order chi connectivity index (χ1) is 8.83. The summed E-state index contributed by atoms with van der Waals surface area (Å²) in [5.74, 6) is 0.548. The Morgan fingerprint density at radius 3 is 2.94 bits per heavy atom. The quantitative estimate of drug-likeness (QED) is 0.888. The average Bonchev–Trinajstić information content (AvgIpc) is 2.87. The van der Waals surface area contributed by atoms with Crippen molar-refractivity contribution in [2.45, 2.75) is 44.6 Å². The van der Waals surface area contributed by atoms with Gasteiger partial charge in [-0.15, -0.1) is 0 Å². The molecule has 2 nitrogen and oxygen atoms in total. The average molecular weight is 245 g/mol. The molecule has 2 N–H and O–H groups in total. The topological polar surface area (TPSA) is 35.2 Å². The van der Waals surface area contributed by atoms with Crippen molar-refractivity contribution < 1.29 is 4.74 Å². The Morgan fingerprint density at radius 1 is 1.22 bits per heavy atom. The van der Waals surface area contributed by atoms with Crippen LogP contribution in [0, 0.1) is 5.92 Å². The zero-order valence-corrected chi connectivity index (χ0v) is 11.0. The van der Waals surface area contributed by atoms with Crippen molar-refractivity contribution in [1.82, 2.24) is 0 Å². The van der Waals surface area contributed by atoms with Gasteiger partial charge in [-0.25, -0.2) is 0 Å². The highest BCUT2D eigenvalue weighted by molar-refractivity contribution is 5.35. The van der Waals surface area contributed by atoms with Crippen LogP contribution >= 0.6 is 0 Å². The van der Waals surface area contributed by atoms with E-state index >= 15 is 0 Å². The third-order valence-corrected chi connectivity index (χ3v) is 4.44. The molecule has 1 saturated heterocycles. The Hall–Kier alpha value is -0.860. The van der Waals surface area contributed by atoms with E-state index in [0.29, 0.717) is 5.92 Å². The van der Waals surface area contributed by atoms with Gasteiger partial charge in [-0.1, -0.05) is 18.2 Å². The summed E-state index contributed by atoms with van der Waals surface area (Å²) in [5, 5.41) is 0. The molecule has 0 bridgehead atoms. The van der Waals surface area contributed by atoms with Crippen LogP contribution < -0.4 is 5.73 Å². The molecule has 2 aliphatic rings. The van der Waals surface area contributed by atoms with Gasteiger partial charge in [0.1, 0.15) is 0 Å². The Balaban J connectivity index is 1.64. The molecule has 2 unspecified atom stereocenters. The Bertz CT molecular complexity index is 410. The van der Waals surface area contributed by atoms with E-state index in [1.54, 1.807) is 11.1 Å². The first-order valence-corrected chi connectivity index (χ1v) is 7.27. The molecule has 1 heterocycles. The fraction of sp³-hybridized carbons (Fsp3) is 0.625. The number of rotatable bonds is 3. The largest absolute Gasteiger partial charge is 0.381 e. The summed E-state index contributed by atoms with van der Waals surface area (Å²) in [6.45, 7) is 1.77. The van der Waals surface area contributed by atoms with E-state index in [1.165, 1.54) is 37.7 Å². The van der Waals surface area contributed by atoms with Crippen LogP contribution in [-0.4, -0.2) is 19.3 Å². The zero-order valence-electron chi connectivity index (χ0n) is 11.0. The van der Waals surface area contributed by atoms with Gasteiger partial charge in [0, 0.05) is 12.6 Å².